The van der Waals surface area contributed by atoms with Gasteiger partial charge in [0.1, 0.15) is 28.5 Å². The molecule has 1 aromatic carbocycles. The molecule has 0 saturated carbocycles. The lowest BCUT2D eigenvalue weighted by Gasteiger charge is -2.22. The van der Waals surface area contributed by atoms with Gasteiger partial charge in [0.25, 0.3) is 0 Å². The van der Waals surface area contributed by atoms with Gasteiger partial charge in [-0.25, -0.2) is 18.4 Å². The van der Waals surface area contributed by atoms with Crippen molar-refractivity contribution in [2.45, 2.75) is 25.2 Å². The molecule has 0 radical (unpaired) electrons. The fourth-order valence-electron chi connectivity index (χ4n) is 3.60. The van der Waals surface area contributed by atoms with Gasteiger partial charge in [0, 0.05) is 25.6 Å². The van der Waals surface area contributed by atoms with E-state index in [0.717, 1.165) is 5.56 Å². The van der Waals surface area contributed by atoms with Crippen LogP contribution in [-0.4, -0.2) is 57.7 Å². The molecule has 2 N–H and O–H groups in total. The van der Waals surface area contributed by atoms with E-state index < -0.39 is 21.4 Å². The number of phenolic OH excluding ortho intramolecular Hbond substituents is 1. The lowest BCUT2D eigenvalue weighted by Crippen LogP contribution is -2.33. The van der Waals surface area contributed by atoms with E-state index in [-0.39, 0.29) is 34.8 Å². The van der Waals surface area contributed by atoms with Gasteiger partial charge in [-0.2, -0.15) is 0 Å². The summed E-state index contributed by atoms with van der Waals surface area (Å²) in [5.74, 6) is 0.162. The molecular formula is C24H23ClN6O5S. The number of allylic oxidation sites excluding steroid dienone is 4. The number of para-hydroxylation sites is 1. The number of rotatable bonds is 9. The first-order valence-electron chi connectivity index (χ1n) is 10.9. The summed E-state index contributed by atoms with van der Waals surface area (Å²) in [4.78, 5) is 8.42. The summed E-state index contributed by atoms with van der Waals surface area (Å²) >= 11 is 6.14. The zero-order valence-electron chi connectivity index (χ0n) is 20.3. The SMILES string of the molecule is COc1cccc(O)c1-n1c(NS(=O)(=O)[C@@H](C)[C@H](OC)c2ncc(C)cn2)nnc1C1=C=C=CC(Cl)=C1. The van der Waals surface area contributed by atoms with Gasteiger partial charge in [-0.15, -0.1) is 10.2 Å². The second kappa shape index (κ2) is 10.6. The number of hydrogen-bond donors (Lipinski definition) is 2. The number of aryl methyl sites for hydroxylation is 1. The number of hydrogen-bond acceptors (Lipinski definition) is 9. The number of sulfonamides is 1. The van der Waals surface area contributed by atoms with Crippen molar-refractivity contribution in [1.82, 2.24) is 24.7 Å². The maximum absolute atomic E-state index is 13.5. The molecule has 13 heteroatoms. The van der Waals surface area contributed by atoms with E-state index in [2.05, 4.69) is 36.3 Å². The number of methoxy groups -OCH3 is 2. The minimum Gasteiger partial charge on any atom is -0.506 e. The third kappa shape index (κ3) is 5.29. The van der Waals surface area contributed by atoms with E-state index in [1.54, 1.807) is 30.6 Å². The molecule has 4 rings (SSSR count). The maximum atomic E-state index is 13.5. The van der Waals surface area contributed by atoms with Crippen LogP contribution in [0.2, 0.25) is 0 Å². The molecule has 0 spiro atoms. The van der Waals surface area contributed by atoms with Crippen LogP contribution in [0.1, 0.15) is 30.2 Å². The van der Waals surface area contributed by atoms with E-state index in [4.69, 9.17) is 21.1 Å². The maximum Gasteiger partial charge on any atom is 0.243 e. The van der Waals surface area contributed by atoms with Gasteiger partial charge in [0.2, 0.25) is 16.0 Å². The van der Waals surface area contributed by atoms with Crippen molar-refractivity contribution in [2.75, 3.05) is 18.9 Å². The summed E-state index contributed by atoms with van der Waals surface area (Å²) in [5, 5.41) is 18.1. The Morgan fingerprint density at radius 2 is 1.92 bits per heavy atom. The van der Waals surface area contributed by atoms with Crippen molar-refractivity contribution >= 4 is 33.1 Å². The molecule has 0 saturated heterocycles. The number of nitrogens with zero attached hydrogens (tertiary/aromatic N) is 5. The molecule has 0 unspecified atom stereocenters. The summed E-state index contributed by atoms with van der Waals surface area (Å²) in [6, 6.07) is 4.60. The molecule has 2 aromatic heterocycles. The average Bonchev–Trinajstić information content (AvgIpc) is 3.27. The number of benzene rings is 1. The summed E-state index contributed by atoms with van der Waals surface area (Å²) in [6.45, 7) is 3.28. The standard InChI is InChI=1S/C24H23ClN6O5S/c1-14-12-26-22(27-13-14)21(36-4)15(2)37(33,34)30-24-29-28-23(16-7-5-8-17(25)11-16)31(24)20-18(32)9-6-10-19(20)35-3/h6,8-13,15,21,32H,1-4H3,(H,29,30)/t15-,21-/m0/s1. The van der Waals surface area contributed by atoms with Crippen LogP contribution in [0.15, 0.2) is 59.2 Å². The molecule has 0 amide bonds. The van der Waals surface area contributed by atoms with Gasteiger partial charge in [-0.1, -0.05) is 29.1 Å². The summed E-state index contributed by atoms with van der Waals surface area (Å²) < 4.78 is 41.7. The first kappa shape index (κ1) is 26.2. The number of aromatic hydroxyl groups is 1. The van der Waals surface area contributed by atoms with Crippen molar-refractivity contribution in [1.29, 1.82) is 0 Å². The molecule has 3 aromatic rings. The molecule has 2 heterocycles. The van der Waals surface area contributed by atoms with Crippen molar-refractivity contribution < 1.29 is 23.0 Å². The third-order valence-electron chi connectivity index (χ3n) is 5.48. The van der Waals surface area contributed by atoms with Gasteiger partial charge in [-0.05, 0) is 37.6 Å². The Morgan fingerprint density at radius 1 is 1.19 bits per heavy atom. The minimum atomic E-state index is -4.17. The lowest BCUT2D eigenvalue weighted by atomic mass is 10.2. The van der Waals surface area contributed by atoms with Crippen LogP contribution in [0.5, 0.6) is 11.5 Å². The normalized spacial score (nSPS) is 14.6. The summed E-state index contributed by atoms with van der Waals surface area (Å²) in [6.07, 6.45) is 5.24. The highest BCUT2D eigenvalue weighted by molar-refractivity contribution is 7.93. The molecule has 0 aliphatic heterocycles. The zero-order chi connectivity index (χ0) is 26.7. The third-order valence-corrected chi connectivity index (χ3v) is 7.39. The van der Waals surface area contributed by atoms with Gasteiger partial charge in [0.05, 0.1) is 17.7 Å². The Kier molecular flexibility index (Phi) is 7.49. The van der Waals surface area contributed by atoms with Gasteiger partial charge in [-0.3, -0.25) is 9.29 Å². The predicted molar refractivity (Wildman–Crippen MR) is 137 cm³/mol. The van der Waals surface area contributed by atoms with Crippen LogP contribution in [0.25, 0.3) is 11.3 Å². The van der Waals surface area contributed by atoms with Crippen molar-refractivity contribution in [3.63, 3.8) is 0 Å². The highest BCUT2D eigenvalue weighted by atomic mass is 35.5. The smallest absolute Gasteiger partial charge is 0.243 e. The van der Waals surface area contributed by atoms with Gasteiger partial charge in [0.15, 0.2) is 11.6 Å². The second-order valence-electron chi connectivity index (χ2n) is 7.99. The van der Waals surface area contributed by atoms with Gasteiger partial charge >= 0.3 is 0 Å². The molecule has 0 fully saturated rings. The summed E-state index contributed by atoms with van der Waals surface area (Å²) in [7, 11) is -1.38. The van der Waals surface area contributed by atoms with E-state index in [0.29, 0.717) is 10.6 Å². The molecule has 11 nitrogen and oxygen atoms in total. The summed E-state index contributed by atoms with van der Waals surface area (Å²) in [5.41, 5.74) is 6.92. The van der Waals surface area contributed by atoms with Crippen LogP contribution in [0, 0.1) is 6.92 Å². The van der Waals surface area contributed by atoms with Crippen LogP contribution in [0.3, 0.4) is 0 Å². The largest absolute Gasteiger partial charge is 0.506 e. The fraction of sp³-hybridized carbons (Fsp3) is 0.250. The molecule has 192 valence electrons. The number of halogens is 1. The second-order valence-corrected chi connectivity index (χ2v) is 10.5. The lowest BCUT2D eigenvalue weighted by molar-refractivity contribution is 0.0949. The number of anilines is 1. The van der Waals surface area contributed by atoms with Crippen molar-refractivity contribution in [3.8, 4) is 17.2 Å². The highest BCUT2D eigenvalue weighted by Crippen LogP contribution is 2.37. The van der Waals surface area contributed by atoms with E-state index in [9.17, 15) is 13.5 Å². The van der Waals surface area contributed by atoms with Crippen LogP contribution in [-0.2, 0) is 14.8 Å². The van der Waals surface area contributed by atoms with E-state index in [1.807, 2.05) is 6.92 Å². The number of phenols is 1. The molecule has 37 heavy (non-hydrogen) atoms. The topological polar surface area (TPSA) is 141 Å². The average molecular weight is 543 g/mol. The Morgan fingerprint density at radius 3 is 2.57 bits per heavy atom. The van der Waals surface area contributed by atoms with E-state index >= 15 is 0 Å². The van der Waals surface area contributed by atoms with Crippen LogP contribution >= 0.6 is 11.6 Å². The fourth-order valence-corrected chi connectivity index (χ4v) is 4.89. The molecule has 0 bridgehead atoms. The Balaban J connectivity index is 1.83. The Labute approximate surface area is 218 Å². The molecule has 1 aliphatic rings. The molecular weight excluding hydrogens is 520 g/mol. The van der Waals surface area contributed by atoms with Crippen molar-refractivity contribution in [2.24, 2.45) is 0 Å². The van der Waals surface area contributed by atoms with Crippen LogP contribution in [0.4, 0.5) is 5.95 Å². The van der Waals surface area contributed by atoms with E-state index in [1.165, 1.54) is 37.9 Å². The van der Waals surface area contributed by atoms with Gasteiger partial charge < -0.3 is 14.6 Å². The van der Waals surface area contributed by atoms with Crippen LogP contribution < -0.4 is 9.46 Å². The minimum absolute atomic E-state index is 0.105. The molecule has 1 aliphatic carbocycles. The Bertz CT molecular complexity index is 1570. The molecule has 2 atom stereocenters. The first-order chi connectivity index (χ1) is 17.7. The quantitative estimate of drug-likeness (QED) is 0.389. The number of ether oxygens (including phenoxy) is 2. The zero-order valence-corrected chi connectivity index (χ0v) is 21.9. The first-order valence-corrected chi connectivity index (χ1v) is 12.8. The predicted octanol–water partition coefficient (Wildman–Crippen LogP) is 3.43. The Hall–Kier alpha value is -3.92. The monoisotopic (exact) mass is 542 g/mol. The number of nitrogens with one attached hydrogen (secondary N) is 1. The highest BCUT2D eigenvalue weighted by Gasteiger charge is 2.35. The van der Waals surface area contributed by atoms with Crippen molar-refractivity contribution in [3.05, 3.63) is 76.5 Å². The number of aromatic nitrogens is 5.